The predicted octanol–water partition coefficient (Wildman–Crippen LogP) is 0.407. The van der Waals surface area contributed by atoms with Crippen LogP contribution < -0.4 is 20.3 Å². The molecule has 90 valence electrons. The van der Waals surface area contributed by atoms with Gasteiger partial charge in [0.2, 0.25) is 6.79 Å². The molecule has 1 fully saturated rings. The molecule has 6 nitrogen and oxygen atoms in total. The Balaban J connectivity index is 1.79. The summed E-state index contributed by atoms with van der Waals surface area (Å²) in [5.74, 6) is 0.596. The third-order valence-electron chi connectivity index (χ3n) is 3.00. The summed E-state index contributed by atoms with van der Waals surface area (Å²) >= 11 is 0. The van der Waals surface area contributed by atoms with E-state index < -0.39 is 12.0 Å². The zero-order valence-corrected chi connectivity index (χ0v) is 8.97. The maximum absolute atomic E-state index is 10.8. The fourth-order valence-electron chi connectivity index (χ4n) is 2.07. The molecule has 0 bridgehead atoms. The van der Waals surface area contributed by atoms with Crippen LogP contribution in [0.1, 0.15) is 18.0 Å². The molecule has 0 saturated carbocycles. The molecule has 2 unspecified atom stereocenters. The Kier molecular flexibility index (Phi) is 2.38. The first-order valence-corrected chi connectivity index (χ1v) is 5.37. The van der Waals surface area contributed by atoms with Crippen LogP contribution in [0.4, 0.5) is 0 Å². The molecule has 1 aromatic rings. The topological polar surface area (TPSA) is 79.8 Å². The quantitative estimate of drug-likeness (QED) is 0.690. The van der Waals surface area contributed by atoms with E-state index in [4.69, 9.17) is 14.6 Å². The zero-order valence-electron chi connectivity index (χ0n) is 8.97. The minimum absolute atomic E-state index is 0.0226. The molecule has 0 aliphatic carbocycles. The lowest BCUT2D eigenvalue weighted by atomic mass is 10.0. The van der Waals surface area contributed by atoms with E-state index in [1.54, 1.807) is 0 Å². The number of nitrogens with one attached hydrogen (secondary N) is 2. The Morgan fingerprint density at radius 2 is 2.12 bits per heavy atom. The Hall–Kier alpha value is -1.79. The van der Waals surface area contributed by atoms with Crippen molar-refractivity contribution in [2.45, 2.75) is 18.5 Å². The van der Waals surface area contributed by atoms with Crippen molar-refractivity contribution in [1.82, 2.24) is 10.9 Å². The highest BCUT2D eigenvalue weighted by molar-refractivity contribution is 5.73. The summed E-state index contributed by atoms with van der Waals surface area (Å²) < 4.78 is 10.5. The van der Waals surface area contributed by atoms with Gasteiger partial charge in [0.15, 0.2) is 11.5 Å². The first-order valence-electron chi connectivity index (χ1n) is 5.37. The van der Waals surface area contributed by atoms with Crippen LogP contribution in [0.5, 0.6) is 11.5 Å². The molecule has 2 heterocycles. The molecule has 17 heavy (non-hydrogen) atoms. The normalized spacial score (nSPS) is 26.1. The van der Waals surface area contributed by atoms with Crippen molar-refractivity contribution in [1.29, 1.82) is 0 Å². The first kappa shape index (κ1) is 10.4. The van der Waals surface area contributed by atoms with Crippen LogP contribution >= 0.6 is 0 Å². The Morgan fingerprint density at radius 3 is 2.88 bits per heavy atom. The summed E-state index contributed by atoms with van der Waals surface area (Å²) in [7, 11) is 0. The maximum atomic E-state index is 10.8. The second kappa shape index (κ2) is 3.90. The van der Waals surface area contributed by atoms with Crippen LogP contribution in [0.25, 0.3) is 0 Å². The van der Waals surface area contributed by atoms with Crippen LogP contribution in [0.15, 0.2) is 18.2 Å². The molecule has 0 aromatic heterocycles. The van der Waals surface area contributed by atoms with Gasteiger partial charge in [-0.3, -0.25) is 4.79 Å². The molecule has 0 radical (unpaired) electrons. The Bertz CT molecular complexity index is 463. The summed E-state index contributed by atoms with van der Waals surface area (Å²) in [5.41, 5.74) is 6.71. The van der Waals surface area contributed by atoms with E-state index in [-0.39, 0.29) is 12.8 Å². The van der Waals surface area contributed by atoms with Gasteiger partial charge in [-0.1, -0.05) is 6.07 Å². The number of carbonyl (C=O) groups is 1. The lowest BCUT2D eigenvalue weighted by molar-refractivity contribution is -0.139. The van der Waals surface area contributed by atoms with E-state index in [2.05, 4.69) is 10.9 Å². The molecule has 6 heteroatoms. The van der Waals surface area contributed by atoms with Gasteiger partial charge in [0.1, 0.15) is 6.04 Å². The van der Waals surface area contributed by atoms with Crippen molar-refractivity contribution in [3.8, 4) is 11.5 Å². The van der Waals surface area contributed by atoms with Gasteiger partial charge >= 0.3 is 5.97 Å². The zero-order chi connectivity index (χ0) is 11.8. The fraction of sp³-hybridized carbons (Fsp3) is 0.364. The highest BCUT2D eigenvalue weighted by Gasteiger charge is 2.30. The summed E-state index contributed by atoms with van der Waals surface area (Å²) in [4.78, 5) is 10.8. The second-order valence-electron chi connectivity index (χ2n) is 4.08. The molecular formula is C11H12N2O4. The molecule has 3 rings (SSSR count). The lowest BCUT2D eigenvalue weighted by Crippen LogP contribution is -2.36. The fourth-order valence-corrected chi connectivity index (χ4v) is 2.07. The molecular weight excluding hydrogens is 224 g/mol. The van der Waals surface area contributed by atoms with Crippen LogP contribution in [0, 0.1) is 0 Å². The van der Waals surface area contributed by atoms with Crippen molar-refractivity contribution < 1.29 is 19.4 Å². The first-order chi connectivity index (χ1) is 8.24. The number of carboxylic acids is 1. The average Bonchev–Trinajstić information content (AvgIpc) is 2.97. The highest BCUT2D eigenvalue weighted by Crippen LogP contribution is 2.35. The Morgan fingerprint density at radius 1 is 1.29 bits per heavy atom. The van der Waals surface area contributed by atoms with E-state index in [0.29, 0.717) is 12.2 Å². The third kappa shape index (κ3) is 1.81. The van der Waals surface area contributed by atoms with Crippen LogP contribution in [-0.2, 0) is 4.79 Å². The summed E-state index contributed by atoms with van der Waals surface area (Å²) in [6.07, 6.45) is 0.509. The lowest BCUT2D eigenvalue weighted by Gasteiger charge is -2.09. The molecule has 2 atom stereocenters. The van der Waals surface area contributed by atoms with Gasteiger partial charge < -0.3 is 14.6 Å². The summed E-state index contributed by atoms with van der Waals surface area (Å²) in [5, 5.41) is 8.89. The van der Waals surface area contributed by atoms with Gasteiger partial charge in [-0.05, 0) is 24.1 Å². The van der Waals surface area contributed by atoms with Crippen molar-refractivity contribution in [2.75, 3.05) is 6.79 Å². The molecule has 1 saturated heterocycles. The van der Waals surface area contributed by atoms with Crippen LogP contribution in [-0.4, -0.2) is 23.9 Å². The van der Waals surface area contributed by atoms with E-state index in [1.165, 1.54) is 0 Å². The van der Waals surface area contributed by atoms with Gasteiger partial charge in [-0.2, -0.15) is 0 Å². The molecule has 0 amide bonds. The molecule has 2 aliphatic rings. The molecule has 3 N–H and O–H groups in total. The van der Waals surface area contributed by atoms with Gasteiger partial charge in [0.25, 0.3) is 0 Å². The van der Waals surface area contributed by atoms with Crippen molar-refractivity contribution >= 4 is 5.97 Å². The van der Waals surface area contributed by atoms with E-state index >= 15 is 0 Å². The monoisotopic (exact) mass is 236 g/mol. The largest absolute Gasteiger partial charge is 0.480 e. The number of aliphatic carboxylic acids is 1. The van der Waals surface area contributed by atoms with Gasteiger partial charge in [0.05, 0.1) is 0 Å². The summed E-state index contributed by atoms with van der Waals surface area (Å²) in [6.45, 7) is 0.243. The number of benzene rings is 1. The van der Waals surface area contributed by atoms with Crippen molar-refractivity contribution in [2.24, 2.45) is 0 Å². The number of hydrazine groups is 1. The molecule has 1 aromatic carbocycles. The minimum Gasteiger partial charge on any atom is -0.480 e. The van der Waals surface area contributed by atoms with Gasteiger partial charge in [-0.25, -0.2) is 10.9 Å². The van der Waals surface area contributed by atoms with Crippen molar-refractivity contribution in [3.63, 3.8) is 0 Å². The van der Waals surface area contributed by atoms with E-state index in [1.807, 2.05) is 18.2 Å². The second-order valence-corrected chi connectivity index (χ2v) is 4.08. The number of carboxylic acid groups (broad SMARTS) is 1. The predicted molar refractivity (Wildman–Crippen MR) is 57.6 cm³/mol. The van der Waals surface area contributed by atoms with E-state index in [9.17, 15) is 4.79 Å². The average molecular weight is 236 g/mol. The number of fused-ring (bicyclic) bond motifs is 1. The van der Waals surface area contributed by atoms with Crippen LogP contribution in [0.3, 0.4) is 0 Å². The van der Waals surface area contributed by atoms with Gasteiger partial charge in [0, 0.05) is 6.04 Å². The highest BCUT2D eigenvalue weighted by atomic mass is 16.7. The molecule has 0 spiro atoms. The Labute approximate surface area is 97.5 Å². The minimum atomic E-state index is -0.847. The molecule has 2 aliphatic heterocycles. The number of hydrogen-bond acceptors (Lipinski definition) is 5. The number of ether oxygens (including phenoxy) is 2. The SMILES string of the molecule is O=C(O)C1CC(c2ccc3c(c2)OCO3)NN1. The van der Waals surface area contributed by atoms with Crippen molar-refractivity contribution in [3.05, 3.63) is 23.8 Å². The number of hydrogen-bond donors (Lipinski definition) is 3. The smallest absolute Gasteiger partial charge is 0.322 e. The third-order valence-corrected chi connectivity index (χ3v) is 3.00. The van der Waals surface area contributed by atoms with Gasteiger partial charge in [-0.15, -0.1) is 0 Å². The van der Waals surface area contributed by atoms with E-state index in [0.717, 1.165) is 11.3 Å². The number of rotatable bonds is 2. The summed E-state index contributed by atoms with van der Waals surface area (Å²) in [6, 6.07) is 5.06. The standard InChI is InChI=1S/C11H12N2O4/c14-11(15)8-4-7(12-13-8)6-1-2-9-10(3-6)17-5-16-9/h1-3,7-8,12-13H,4-5H2,(H,14,15). The maximum Gasteiger partial charge on any atom is 0.322 e. The van der Waals surface area contributed by atoms with Crippen LogP contribution in [0.2, 0.25) is 0 Å².